The average molecular weight is 277 g/mol. The largest absolute Gasteiger partial charge is 0.469 e. The number of rotatable bonds is 10. The first kappa shape index (κ1) is 16.7. The van der Waals surface area contributed by atoms with E-state index in [0.717, 1.165) is 6.54 Å². The van der Waals surface area contributed by atoms with Crippen LogP contribution in [0.1, 0.15) is 50.2 Å². The second-order valence-corrected chi connectivity index (χ2v) is 5.13. The zero-order chi connectivity index (χ0) is 14.6. The lowest BCUT2D eigenvalue weighted by Gasteiger charge is -2.06. The minimum absolute atomic E-state index is 0.167. The summed E-state index contributed by atoms with van der Waals surface area (Å²) in [6.07, 6.45) is 6.83. The van der Waals surface area contributed by atoms with E-state index in [1.54, 1.807) is 0 Å². The number of esters is 1. The van der Waals surface area contributed by atoms with E-state index >= 15 is 0 Å². The van der Waals surface area contributed by atoms with Crippen LogP contribution in [0.3, 0.4) is 0 Å². The molecule has 0 bridgehead atoms. The van der Waals surface area contributed by atoms with Crippen molar-refractivity contribution in [3.05, 3.63) is 35.4 Å². The molecule has 0 unspecified atom stereocenters. The first-order valence-electron chi connectivity index (χ1n) is 7.61. The van der Waals surface area contributed by atoms with Crippen LogP contribution in [-0.4, -0.2) is 19.6 Å². The number of hydrogen-bond donors (Lipinski definition) is 1. The van der Waals surface area contributed by atoms with Gasteiger partial charge >= 0.3 is 5.97 Å². The highest BCUT2D eigenvalue weighted by Crippen LogP contribution is 2.09. The summed E-state index contributed by atoms with van der Waals surface area (Å²) in [6.45, 7) is 3.69. The third kappa shape index (κ3) is 7.29. The molecular formula is C17H27NO2. The molecule has 0 aliphatic heterocycles. The average Bonchev–Trinajstić information content (AvgIpc) is 2.49. The van der Waals surface area contributed by atoms with E-state index in [1.807, 2.05) is 0 Å². The third-order valence-corrected chi connectivity index (χ3v) is 3.40. The van der Waals surface area contributed by atoms with Crippen LogP contribution >= 0.6 is 0 Å². The first-order chi connectivity index (χ1) is 9.76. The predicted octanol–water partition coefficient (Wildman–Crippen LogP) is 3.46. The Morgan fingerprint density at radius 1 is 1.10 bits per heavy atom. The van der Waals surface area contributed by atoms with Crippen LogP contribution < -0.4 is 5.32 Å². The van der Waals surface area contributed by atoms with Crippen molar-refractivity contribution in [3.8, 4) is 0 Å². The van der Waals surface area contributed by atoms with Crippen molar-refractivity contribution in [3.63, 3.8) is 0 Å². The molecule has 0 aliphatic rings. The Labute approximate surface area is 122 Å². The van der Waals surface area contributed by atoms with Gasteiger partial charge in [-0.2, -0.15) is 0 Å². The highest BCUT2D eigenvalue weighted by molar-refractivity contribution is 5.69. The van der Waals surface area contributed by atoms with Gasteiger partial charge in [-0.1, -0.05) is 50.5 Å². The molecule has 0 atom stereocenters. The van der Waals surface area contributed by atoms with Crippen molar-refractivity contribution >= 4 is 5.97 Å². The molecule has 0 aromatic heterocycles. The topological polar surface area (TPSA) is 38.3 Å². The lowest BCUT2D eigenvalue weighted by molar-refractivity contribution is -0.140. The SMILES string of the molecule is CCCCCCc1ccc(CNCCC(=O)OC)cc1. The maximum absolute atomic E-state index is 11.0. The minimum atomic E-state index is -0.167. The Bertz CT molecular complexity index is 373. The van der Waals surface area contributed by atoms with Crippen LogP contribution in [0.15, 0.2) is 24.3 Å². The number of benzene rings is 1. The molecule has 3 nitrogen and oxygen atoms in total. The van der Waals surface area contributed by atoms with Gasteiger partial charge in [-0.3, -0.25) is 4.79 Å². The molecule has 1 aromatic carbocycles. The van der Waals surface area contributed by atoms with E-state index in [-0.39, 0.29) is 5.97 Å². The number of methoxy groups -OCH3 is 1. The lowest BCUT2D eigenvalue weighted by atomic mass is 10.0. The van der Waals surface area contributed by atoms with Gasteiger partial charge in [0.2, 0.25) is 0 Å². The van der Waals surface area contributed by atoms with Gasteiger partial charge in [-0.25, -0.2) is 0 Å². The zero-order valence-corrected chi connectivity index (χ0v) is 12.8. The standard InChI is InChI=1S/C17H27NO2/c1-3-4-5-6-7-15-8-10-16(11-9-15)14-18-13-12-17(19)20-2/h8-11,18H,3-7,12-14H2,1-2H3. The quantitative estimate of drug-likeness (QED) is 0.526. The van der Waals surface area contributed by atoms with E-state index in [9.17, 15) is 4.79 Å². The molecule has 20 heavy (non-hydrogen) atoms. The van der Waals surface area contributed by atoms with E-state index in [1.165, 1.54) is 50.3 Å². The van der Waals surface area contributed by atoms with Crippen LogP contribution in [0.25, 0.3) is 0 Å². The molecule has 1 N–H and O–H groups in total. The Balaban J connectivity index is 2.19. The number of ether oxygens (including phenoxy) is 1. The lowest BCUT2D eigenvalue weighted by Crippen LogP contribution is -2.18. The molecule has 0 saturated heterocycles. The van der Waals surface area contributed by atoms with Gasteiger partial charge in [0, 0.05) is 13.1 Å². The second kappa shape index (κ2) is 10.4. The maximum atomic E-state index is 11.0. The summed E-state index contributed by atoms with van der Waals surface area (Å²) < 4.78 is 4.59. The van der Waals surface area contributed by atoms with E-state index in [0.29, 0.717) is 13.0 Å². The maximum Gasteiger partial charge on any atom is 0.306 e. The molecule has 112 valence electrons. The summed E-state index contributed by atoms with van der Waals surface area (Å²) in [5, 5.41) is 3.25. The summed E-state index contributed by atoms with van der Waals surface area (Å²) in [5.74, 6) is -0.167. The molecular weight excluding hydrogens is 250 g/mol. The second-order valence-electron chi connectivity index (χ2n) is 5.13. The van der Waals surface area contributed by atoms with Crippen molar-refractivity contribution in [2.75, 3.05) is 13.7 Å². The van der Waals surface area contributed by atoms with Crippen molar-refractivity contribution < 1.29 is 9.53 Å². The molecule has 3 heteroatoms. The highest BCUT2D eigenvalue weighted by Gasteiger charge is 1.99. The van der Waals surface area contributed by atoms with Gasteiger partial charge < -0.3 is 10.1 Å². The number of unbranched alkanes of at least 4 members (excludes halogenated alkanes) is 3. The van der Waals surface area contributed by atoms with Gasteiger partial charge in [0.15, 0.2) is 0 Å². The van der Waals surface area contributed by atoms with Gasteiger partial charge in [-0.15, -0.1) is 0 Å². The summed E-state index contributed by atoms with van der Waals surface area (Å²) in [4.78, 5) is 11.0. The smallest absolute Gasteiger partial charge is 0.306 e. The van der Waals surface area contributed by atoms with Crippen molar-refractivity contribution in [1.82, 2.24) is 5.32 Å². The monoisotopic (exact) mass is 277 g/mol. The molecule has 0 radical (unpaired) electrons. The fraction of sp³-hybridized carbons (Fsp3) is 0.588. The van der Waals surface area contributed by atoms with Crippen LogP contribution in [0.4, 0.5) is 0 Å². The Kier molecular flexibility index (Phi) is 8.72. The molecule has 0 heterocycles. The molecule has 0 saturated carbocycles. The van der Waals surface area contributed by atoms with E-state index in [4.69, 9.17) is 0 Å². The first-order valence-corrected chi connectivity index (χ1v) is 7.61. The fourth-order valence-corrected chi connectivity index (χ4v) is 2.10. The summed E-state index contributed by atoms with van der Waals surface area (Å²) >= 11 is 0. The van der Waals surface area contributed by atoms with Gasteiger partial charge in [0.1, 0.15) is 0 Å². The molecule has 0 spiro atoms. The van der Waals surface area contributed by atoms with Crippen LogP contribution in [0.5, 0.6) is 0 Å². The third-order valence-electron chi connectivity index (χ3n) is 3.40. The molecule has 0 amide bonds. The number of carbonyl (C=O) groups is 1. The normalized spacial score (nSPS) is 10.5. The number of aryl methyl sites for hydroxylation is 1. The Morgan fingerprint density at radius 2 is 1.80 bits per heavy atom. The fourth-order valence-electron chi connectivity index (χ4n) is 2.10. The van der Waals surface area contributed by atoms with Crippen LogP contribution in [0.2, 0.25) is 0 Å². The minimum Gasteiger partial charge on any atom is -0.469 e. The van der Waals surface area contributed by atoms with Crippen molar-refractivity contribution in [2.24, 2.45) is 0 Å². The molecule has 1 rings (SSSR count). The van der Waals surface area contributed by atoms with Crippen molar-refractivity contribution in [1.29, 1.82) is 0 Å². The Hall–Kier alpha value is -1.35. The van der Waals surface area contributed by atoms with Gasteiger partial charge in [0.05, 0.1) is 13.5 Å². The number of carbonyl (C=O) groups excluding carboxylic acids is 1. The van der Waals surface area contributed by atoms with Crippen molar-refractivity contribution in [2.45, 2.75) is 52.0 Å². The summed E-state index contributed by atoms with van der Waals surface area (Å²) in [5.41, 5.74) is 2.67. The van der Waals surface area contributed by atoms with E-state index < -0.39 is 0 Å². The molecule has 1 aromatic rings. The number of nitrogens with one attached hydrogen (secondary N) is 1. The van der Waals surface area contributed by atoms with Crippen LogP contribution in [-0.2, 0) is 22.5 Å². The van der Waals surface area contributed by atoms with Crippen LogP contribution in [0, 0.1) is 0 Å². The summed E-state index contributed by atoms with van der Waals surface area (Å²) in [6, 6.07) is 8.76. The van der Waals surface area contributed by atoms with E-state index in [2.05, 4.69) is 41.2 Å². The zero-order valence-electron chi connectivity index (χ0n) is 12.8. The molecule has 0 aliphatic carbocycles. The molecule has 0 fully saturated rings. The highest BCUT2D eigenvalue weighted by atomic mass is 16.5. The predicted molar refractivity (Wildman–Crippen MR) is 82.6 cm³/mol. The Morgan fingerprint density at radius 3 is 2.45 bits per heavy atom. The number of hydrogen-bond acceptors (Lipinski definition) is 3. The summed E-state index contributed by atoms with van der Waals surface area (Å²) in [7, 11) is 1.42. The van der Waals surface area contributed by atoms with Gasteiger partial charge in [-0.05, 0) is 24.0 Å². The van der Waals surface area contributed by atoms with Gasteiger partial charge in [0.25, 0.3) is 0 Å².